The number of ether oxygens (including phenoxy) is 2. The first kappa shape index (κ1) is 31.1. The zero-order valence-electron chi connectivity index (χ0n) is 24.6. The number of nitro groups is 1. The van der Waals surface area contributed by atoms with E-state index >= 15 is 0 Å². The molecule has 5 rings (SSSR count). The van der Waals surface area contributed by atoms with Gasteiger partial charge < -0.3 is 14.6 Å². The molecule has 230 valence electrons. The standard InChI is InChI=1S/C35H33N3O7/c1-35(41)21-29(37-36-27-15-9-4-10-16-27)31(33(39)44-22-24-11-5-2-6-12-24)30(26-17-19-28(20-18-26)38(42)43)32(35)34(40)45-23-25-13-7-3-8-14-25/h2-20,30-32,36,41H,21-23H2,1H3. The van der Waals surface area contributed by atoms with E-state index < -0.39 is 40.2 Å². The Kier molecular flexibility index (Phi) is 9.64. The van der Waals surface area contributed by atoms with Gasteiger partial charge in [0.05, 0.1) is 27.8 Å². The Hall–Kier alpha value is -5.35. The smallest absolute Gasteiger partial charge is 0.315 e. The maximum absolute atomic E-state index is 14.0. The molecule has 0 aromatic heterocycles. The number of benzene rings is 4. The summed E-state index contributed by atoms with van der Waals surface area (Å²) < 4.78 is 11.5. The van der Waals surface area contributed by atoms with Crippen LogP contribution in [0.15, 0.2) is 120 Å². The van der Waals surface area contributed by atoms with E-state index in [0.29, 0.717) is 11.3 Å². The van der Waals surface area contributed by atoms with Gasteiger partial charge in [0, 0.05) is 24.5 Å². The molecule has 0 saturated heterocycles. The fourth-order valence-electron chi connectivity index (χ4n) is 5.65. The highest BCUT2D eigenvalue weighted by molar-refractivity contribution is 6.06. The molecule has 4 aromatic rings. The van der Waals surface area contributed by atoms with E-state index in [9.17, 15) is 24.8 Å². The highest BCUT2D eigenvalue weighted by Crippen LogP contribution is 2.47. The van der Waals surface area contributed by atoms with Crippen LogP contribution < -0.4 is 5.43 Å². The third-order valence-corrected chi connectivity index (χ3v) is 7.83. The van der Waals surface area contributed by atoms with Crippen molar-refractivity contribution >= 4 is 29.0 Å². The molecule has 10 heteroatoms. The maximum Gasteiger partial charge on any atom is 0.315 e. The number of non-ortho nitro benzene ring substituents is 1. The maximum atomic E-state index is 14.0. The zero-order valence-corrected chi connectivity index (χ0v) is 24.6. The van der Waals surface area contributed by atoms with Gasteiger partial charge in [0.2, 0.25) is 0 Å². The van der Waals surface area contributed by atoms with Crippen molar-refractivity contribution in [3.8, 4) is 0 Å². The van der Waals surface area contributed by atoms with E-state index in [1.807, 2.05) is 78.9 Å². The first-order valence-electron chi connectivity index (χ1n) is 14.5. The highest BCUT2D eigenvalue weighted by Gasteiger charge is 2.56. The van der Waals surface area contributed by atoms with Crippen molar-refractivity contribution in [2.45, 2.75) is 38.1 Å². The van der Waals surface area contributed by atoms with Crippen LogP contribution in [0.4, 0.5) is 11.4 Å². The van der Waals surface area contributed by atoms with Crippen molar-refractivity contribution in [3.05, 3.63) is 142 Å². The molecule has 1 aliphatic carbocycles. The number of nitrogens with zero attached hydrogens (tertiary/aromatic N) is 2. The number of nitro benzene ring substituents is 1. The number of nitrogens with one attached hydrogen (secondary N) is 1. The number of rotatable bonds is 10. The molecule has 1 aliphatic rings. The topological polar surface area (TPSA) is 140 Å². The number of esters is 2. The number of aliphatic hydroxyl groups is 1. The Morgan fingerprint density at radius 3 is 1.89 bits per heavy atom. The predicted molar refractivity (Wildman–Crippen MR) is 168 cm³/mol. The Morgan fingerprint density at radius 2 is 1.36 bits per heavy atom. The monoisotopic (exact) mass is 607 g/mol. The van der Waals surface area contributed by atoms with Crippen molar-refractivity contribution in [2.75, 3.05) is 5.43 Å². The number of carbonyl (C=O) groups excluding carboxylic acids is 2. The Bertz CT molecular complexity index is 1640. The van der Waals surface area contributed by atoms with E-state index in [4.69, 9.17) is 9.47 Å². The lowest BCUT2D eigenvalue weighted by Gasteiger charge is -2.45. The summed E-state index contributed by atoms with van der Waals surface area (Å²) in [7, 11) is 0. The van der Waals surface area contributed by atoms with Crippen LogP contribution in [-0.2, 0) is 32.3 Å². The lowest BCUT2D eigenvalue weighted by atomic mass is 9.61. The minimum absolute atomic E-state index is 0.0257. The molecule has 0 radical (unpaired) electrons. The van der Waals surface area contributed by atoms with Crippen molar-refractivity contribution in [3.63, 3.8) is 0 Å². The van der Waals surface area contributed by atoms with E-state index in [1.165, 1.54) is 31.2 Å². The zero-order chi connectivity index (χ0) is 31.8. The van der Waals surface area contributed by atoms with Crippen LogP contribution in [0.25, 0.3) is 0 Å². The molecule has 4 atom stereocenters. The van der Waals surface area contributed by atoms with Gasteiger partial charge in [-0.25, -0.2) is 0 Å². The van der Waals surface area contributed by atoms with Gasteiger partial charge in [-0.15, -0.1) is 0 Å². The number of carbonyl (C=O) groups is 2. The first-order valence-corrected chi connectivity index (χ1v) is 14.5. The van der Waals surface area contributed by atoms with Crippen LogP contribution in [-0.4, -0.2) is 33.3 Å². The molecule has 4 unspecified atom stereocenters. The van der Waals surface area contributed by atoms with Gasteiger partial charge in [-0.2, -0.15) is 5.10 Å². The number of hydrazone groups is 1. The van der Waals surface area contributed by atoms with Crippen LogP contribution in [0.1, 0.15) is 36.0 Å². The van der Waals surface area contributed by atoms with Crippen LogP contribution in [0.3, 0.4) is 0 Å². The van der Waals surface area contributed by atoms with Crippen LogP contribution in [0, 0.1) is 22.0 Å². The van der Waals surface area contributed by atoms with E-state index in [2.05, 4.69) is 10.5 Å². The second-order valence-corrected chi connectivity index (χ2v) is 11.1. The molecule has 0 amide bonds. The molecule has 4 aromatic carbocycles. The quantitative estimate of drug-likeness (QED) is 0.127. The summed E-state index contributed by atoms with van der Waals surface area (Å²) in [6, 6.07) is 32.9. The van der Waals surface area contributed by atoms with Crippen molar-refractivity contribution < 1.29 is 29.1 Å². The lowest BCUT2D eigenvalue weighted by Crippen LogP contribution is -2.55. The second kappa shape index (κ2) is 14.0. The van der Waals surface area contributed by atoms with Gasteiger partial charge in [0.15, 0.2) is 0 Å². The van der Waals surface area contributed by atoms with E-state index in [0.717, 1.165) is 11.1 Å². The number of hydrogen-bond acceptors (Lipinski definition) is 9. The van der Waals surface area contributed by atoms with Gasteiger partial charge in [-0.3, -0.25) is 25.1 Å². The van der Waals surface area contributed by atoms with E-state index in [-0.39, 0.29) is 31.0 Å². The van der Waals surface area contributed by atoms with Gasteiger partial charge in [-0.1, -0.05) is 91.0 Å². The van der Waals surface area contributed by atoms with E-state index in [1.54, 1.807) is 12.1 Å². The van der Waals surface area contributed by atoms with Crippen molar-refractivity contribution in [1.29, 1.82) is 0 Å². The minimum Gasteiger partial charge on any atom is -0.461 e. The third-order valence-electron chi connectivity index (χ3n) is 7.83. The van der Waals surface area contributed by atoms with Gasteiger partial charge in [0.1, 0.15) is 19.1 Å². The molecule has 0 bridgehead atoms. The largest absolute Gasteiger partial charge is 0.461 e. The van der Waals surface area contributed by atoms with Crippen LogP contribution >= 0.6 is 0 Å². The number of hydrogen-bond donors (Lipinski definition) is 2. The summed E-state index contributed by atoms with van der Waals surface area (Å²) in [5.41, 5.74) is 3.93. The molecule has 0 heterocycles. The molecular weight excluding hydrogens is 574 g/mol. The summed E-state index contributed by atoms with van der Waals surface area (Å²) in [4.78, 5) is 38.8. The summed E-state index contributed by atoms with van der Waals surface area (Å²) in [6.07, 6.45) is -0.146. The summed E-state index contributed by atoms with van der Waals surface area (Å²) in [5, 5.41) is 27.9. The average Bonchev–Trinajstić information content (AvgIpc) is 3.06. The first-order chi connectivity index (χ1) is 21.7. The number of para-hydroxylation sites is 1. The molecule has 0 aliphatic heterocycles. The fraction of sp³-hybridized carbons (Fsp3) is 0.229. The molecule has 1 fully saturated rings. The lowest BCUT2D eigenvalue weighted by molar-refractivity contribution is -0.384. The normalized spacial score (nSPS) is 21.9. The fourth-order valence-corrected chi connectivity index (χ4v) is 5.65. The molecule has 2 N–H and O–H groups in total. The van der Waals surface area contributed by atoms with Gasteiger partial charge >= 0.3 is 11.9 Å². The Labute approximate surface area is 260 Å². The molecule has 10 nitrogen and oxygen atoms in total. The van der Waals surface area contributed by atoms with Crippen molar-refractivity contribution in [2.24, 2.45) is 16.9 Å². The predicted octanol–water partition coefficient (Wildman–Crippen LogP) is 6.02. The second-order valence-electron chi connectivity index (χ2n) is 11.1. The molecule has 45 heavy (non-hydrogen) atoms. The highest BCUT2D eigenvalue weighted by atomic mass is 16.6. The van der Waals surface area contributed by atoms with Gasteiger partial charge in [0.25, 0.3) is 5.69 Å². The third kappa shape index (κ3) is 7.60. The number of anilines is 1. The summed E-state index contributed by atoms with van der Waals surface area (Å²) >= 11 is 0. The van der Waals surface area contributed by atoms with Crippen molar-refractivity contribution in [1.82, 2.24) is 0 Å². The Morgan fingerprint density at radius 1 is 0.844 bits per heavy atom. The molecule has 1 saturated carbocycles. The van der Waals surface area contributed by atoms with Crippen LogP contribution in [0.2, 0.25) is 0 Å². The van der Waals surface area contributed by atoms with Crippen LogP contribution in [0.5, 0.6) is 0 Å². The minimum atomic E-state index is -1.71. The molecule has 0 spiro atoms. The summed E-state index contributed by atoms with van der Waals surface area (Å²) in [5.74, 6) is -4.79. The summed E-state index contributed by atoms with van der Waals surface area (Å²) in [6.45, 7) is 1.43. The van der Waals surface area contributed by atoms with Gasteiger partial charge in [-0.05, 0) is 35.7 Å². The average molecular weight is 608 g/mol. The SMILES string of the molecule is CC1(O)CC(=NNc2ccccc2)C(C(=O)OCc2ccccc2)C(c2ccc([N+](=O)[O-])cc2)C1C(=O)OCc1ccccc1. The molecular formula is C35H33N3O7. The Balaban J connectivity index is 1.57.